The molecule has 3 rings (SSSR count). The third-order valence-corrected chi connectivity index (χ3v) is 5.70. The van der Waals surface area contributed by atoms with E-state index in [4.69, 9.17) is 11.6 Å². The van der Waals surface area contributed by atoms with Crippen molar-refractivity contribution < 1.29 is 18.0 Å². The van der Waals surface area contributed by atoms with E-state index in [0.717, 1.165) is 13.1 Å². The quantitative estimate of drug-likeness (QED) is 0.790. The average molecular weight is 433 g/mol. The highest BCUT2D eigenvalue weighted by molar-refractivity contribution is 6.30. The minimum Gasteiger partial charge on any atom is -0.368 e. The van der Waals surface area contributed by atoms with Gasteiger partial charge in [0, 0.05) is 37.6 Å². The molecule has 0 aromatic heterocycles. The highest BCUT2D eigenvalue weighted by Crippen LogP contribution is 2.27. The highest BCUT2D eigenvalue weighted by Gasteiger charge is 2.35. The molecule has 1 N–H and O–H groups in total. The lowest BCUT2D eigenvalue weighted by Crippen LogP contribution is -2.52. The molecule has 1 fully saturated rings. The topological polar surface area (TPSA) is 38.8 Å². The Bertz CT molecular complexity index is 751. The number of carbonyl (C=O) groups is 1. The van der Waals surface area contributed by atoms with Gasteiger partial charge in [0.1, 0.15) is 12.6 Å². The monoisotopic (exact) mass is 432 g/mol. The molecule has 0 saturated carbocycles. The first-order chi connectivity index (χ1) is 13.8. The number of aryl methyl sites for hydroxylation is 2. The molecule has 2 aliphatic heterocycles. The van der Waals surface area contributed by atoms with E-state index >= 15 is 0 Å². The summed E-state index contributed by atoms with van der Waals surface area (Å²) in [6.45, 7) is 8.51. The van der Waals surface area contributed by atoms with E-state index in [1.807, 2.05) is 0 Å². The molecule has 9 heteroatoms. The molecule has 1 atom stereocenters. The largest absolute Gasteiger partial charge is 0.368 e. The van der Waals surface area contributed by atoms with Crippen molar-refractivity contribution in [2.45, 2.75) is 33.2 Å². The number of rotatable bonds is 4. The molecule has 1 aromatic rings. The number of nitrogens with one attached hydrogen (secondary N) is 1. The van der Waals surface area contributed by atoms with Gasteiger partial charge in [-0.1, -0.05) is 29.3 Å². The zero-order valence-electron chi connectivity index (χ0n) is 17.2. The van der Waals surface area contributed by atoms with E-state index in [0.29, 0.717) is 26.0 Å². The zero-order chi connectivity index (χ0) is 21.7. The molecule has 2 heterocycles. The number of anilines is 1. The van der Waals surface area contributed by atoms with E-state index < -0.39 is 12.5 Å². The van der Waals surface area contributed by atoms with Crippen LogP contribution in [0.3, 0.4) is 0 Å². The van der Waals surface area contributed by atoms with E-state index in [-0.39, 0.29) is 17.5 Å². The van der Waals surface area contributed by atoms with Gasteiger partial charge in [-0.05, 0) is 32.4 Å². The normalized spacial score (nSPS) is 19.6. The van der Waals surface area contributed by atoms with Crippen molar-refractivity contribution in [1.29, 1.82) is 0 Å². The lowest BCUT2D eigenvalue weighted by molar-refractivity contribution is -0.133. The molecule has 2 aliphatic rings. The van der Waals surface area contributed by atoms with Crippen molar-refractivity contribution in [1.82, 2.24) is 15.3 Å². The van der Waals surface area contributed by atoms with Crippen LogP contribution >= 0.6 is 11.6 Å². The van der Waals surface area contributed by atoms with Crippen LogP contribution in [0.25, 0.3) is 0 Å². The van der Waals surface area contributed by atoms with Gasteiger partial charge in [-0.2, -0.15) is 0 Å². The standard InChI is InChI=1S/C19H25ClF2N4O.CH3F/c1-12-4-5-15(13(2)10-12)24-6-8-25(9-7-24)16(27)11-26-14(3)17(20)18(23-26)19(21)22;1-2/h4-5,10,18-19,23H,6-9,11H2,1-3H3;1H3. The smallest absolute Gasteiger partial charge is 0.260 e. The Balaban J connectivity index is 0.00000145. The van der Waals surface area contributed by atoms with Gasteiger partial charge >= 0.3 is 0 Å². The van der Waals surface area contributed by atoms with Gasteiger partial charge in [-0.25, -0.2) is 14.2 Å². The molecule has 0 aliphatic carbocycles. The van der Waals surface area contributed by atoms with Crippen LogP contribution in [0.5, 0.6) is 0 Å². The fourth-order valence-electron chi connectivity index (χ4n) is 3.60. The Kier molecular flexibility index (Phi) is 8.22. The maximum Gasteiger partial charge on any atom is 0.260 e. The van der Waals surface area contributed by atoms with Crippen molar-refractivity contribution in [3.8, 4) is 0 Å². The molecule has 0 spiro atoms. The van der Waals surface area contributed by atoms with Crippen LogP contribution < -0.4 is 10.3 Å². The number of nitrogens with zero attached hydrogens (tertiary/aromatic N) is 3. The van der Waals surface area contributed by atoms with Gasteiger partial charge in [0.2, 0.25) is 5.91 Å². The minimum atomic E-state index is -2.62. The number of halogens is 4. The molecule has 29 heavy (non-hydrogen) atoms. The highest BCUT2D eigenvalue weighted by atomic mass is 35.5. The Morgan fingerprint density at radius 3 is 2.31 bits per heavy atom. The van der Waals surface area contributed by atoms with Crippen LogP contribution in [0.1, 0.15) is 18.1 Å². The molecule has 1 amide bonds. The summed E-state index contributed by atoms with van der Waals surface area (Å²) >= 11 is 5.96. The van der Waals surface area contributed by atoms with Gasteiger partial charge < -0.3 is 14.8 Å². The lowest BCUT2D eigenvalue weighted by atomic mass is 10.1. The van der Waals surface area contributed by atoms with Gasteiger partial charge in [0.25, 0.3) is 6.43 Å². The summed E-state index contributed by atoms with van der Waals surface area (Å²) in [4.78, 5) is 16.7. The number of benzene rings is 1. The molecule has 162 valence electrons. The second kappa shape index (κ2) is 10.2. The third kappa shape index (κ3) is 5.36. The summed E-state index contributed by atoms with van der Waals surface area (Å²) in [6, 6.07) is 5.14. The van der Waals surface area contributed by atoms with Gasteiger partial charge in [0.15, 0.2) is 0 Å². The Morgan fingerprint density at radius 2 is 1.79 bits per heavy atom. The lowest BCUT2D eigenvalue weighted by Gasteiger charge is -2.37. The number of hydrazine groups is 1. The van der Waals surface area contributed by atoms with Crippen molar-refractivity contribution in [3.05, 3.63) is 40.1 Å². The summed E-state index contributed by atoms with van der Waals surface area (Å²) in [5.74, 6) is -0.0958. The molecule has 1 saturated heterocycles. The maximum absolute atomic E-state index is 13.0. The molecule has 1 unspecified atom stereocenters. The average Bonchev–Trinajstić information content (AvgIpc) is 2.98. The van der Waals surface area contributed by atoms with Crippen LogP contribution in [0.4, 0.5) is 18.9 Å². The summed E-state index contributed by atoms with van der Waals surface area (Å²) in [6.07, 6.45) is -2.62. The first kappa shape index (κ1) is 23.3. The number of carbonyl (C=O) groups excluding carboxylic acids is 1. The fraction of sp³-hybridized carbons (Fsp3) is 0.550. The maximum atomic E-state index is 13.0. The van der Waals surface area contributed by atoms with E-state index in [1.54, 1.807) is 11.8 Å². The van der Waals surface area contributed by atoms with Crippen molar-refractivity contribution >= 4 is 23.2 Å². The molecule has 5 nitrogen and oxygen atoms in total. The number of alkyl halides is 3. The molecule has 0 bridgehead atoms. The second-order valence-electron chi connectivity index (χ2n) is 7.12. The number of hydrogen-bond donors (Lipinski definition) is 1. The summed E-state index contributed by atoms with van der Waals surface area (Å²) in [5, 5.41) is 1.50. The summed E-state index contributed by atoms with van der Waals surface area (Å²) in [5.41, 5.74) is 6.75. The van der Waals surface area contributed by atoms with Crippen LogP contribution in [0.2, 0.25) is 0 Å². The number of allylic oxidation sites excluding steroid dienone is 1. The van der Waals surface area contributed by atoms with E-state index in [9.17, 15) is 18.0 Å². The number of amides is 1. The van der Waals surface area contributed by atoms with Crippen molar-refractivity contribution in [3.63, 3.8) is 0 Å². The van der Waals surface area contributed by atoms with Crippen LogP contribution in [0.15, 0.2) is 28.9 Å². The first-order valence-electron chi connectivity index (χ1n) is 9.44. The van der Waals surface area contributed by atoms with Crippen molar-refractivity contribution in [2.24, 2.45) is 0 Å². The summed E-state index contributed by atoms with van der Waals surface area (Å²) in [7, 11) is 0.500. The molecule has 1 aromatic carbocycles. The SMILES string of the molecule is CC1=C(Cl)C(C(F)F)NN1CC(=O)N1CCN(c2ccc(C)cc2C)CC1.CF. The minimum absolute atomic E-state index is 0.00513. The fourth-order valence-corrected chi connectivity index (χ4v) is 3.84. The van der Waals surface area contributed by atoms with Crippen molar-refractivity contribution in [2.75, 3.05) is 44.8 Å². The Labute approximate surface area is 175 Å². The zero-order valence-corrected chi connectivity index (χ0v) is 17.9. The Hall–Kier alpha value is -1.93. The molecule has 0 radical (unpaired) electrons. The number of piperazine rings is 1. The van der Waals surface area contributed by atoms with Gasteiger partial charge in [0.05, 0.1) is 12.2 Å². The van der Waals surface area contributed by atoms with Gasteiger partial charge in [-0.15, -0.1) is 0 Å². The third-order valence-electron chi connectivity index (χ3n) is 5.19. The van der Waals surface area contributed by atoms with E-state index in [2.05, 4.69) is 42.4 Å². The number of hydrogen-bond acceptors (Lipinski definition) is 4. The van der Waals surface area contributed by atoms with Gasteiger partial charge in [-0.3, -0.25) is 9.18 Å². The predicted molar refractivity (Wildman–Crippen MR) is 110 cm³/mol. The van der Waals surface area contributed by atoms with Crippen LogP contribution in [-0.2, 0) is 4.79 Å². The second-order valence-corrected chi connectivity index (χ2v) is 7.53. The molecular weight excluding hydrogens is 405 g/mol. The molecular formula is C20H28ClF3N4O. The van der Waals surface area contributed by atoms with Crippen LogP contribution in [-0.4, -0.2) is 68.2 Å². The summed E-state index contributed by atoms with van der Waals surface area (Å²) < 4.78 is 35.5. The predicted octanol–water partition coefficient (Wildman–Crippen LogP) is 3.46. The first-order valence-corrected chi connectivity index (χ1v) is 9.81. The van der Waals surface area contributed by atoms with Crippen LogP contribution in [0, 0.1) is 13.8 Å². The van der Waals surface area contributed by atoms with E-state index in [1.165, 1.54) is 21.8 Å². The Morgan fingerprint density at radius 1 is 1.17 bits per heavy atom.